The first-order valence-corrected chi connectivity index (χ1v) is 4.86. The van der Waals surface area contributed by atoms with Gasteiger partial charge in [-0.2, -0.15) is 0 Å². The van der Waals surface area contributed by atoms with Crippen LogP contribution in [0.5, 0.6) is 0 Å². The summed E-state index contributed by atoms with van der Waals surface area (Å²) in [6.07, 6.45) is 5.65. The maximum absolute atomic E-state index is 10.9. The number of aliphatic carboxylic acids is 1. The van der Waals surface area contributed by atoms with Crippen molar-refractivity contribution in [1.29, 1.82) is 0 Å². The van der Waals surface area contributed by atoms with E-state index in [1.54, 1.807) is 6.92 Å². The largest absolute Gasteiger partial charge is 0.550 e. The molecule has 0 N–H and O–H groups in total. The molecule has 0 fully saturated rings. The third-order valence-electron chi connectivity index (χ3n) is 2.47. The van der Waals surface area contributed by atoms with Gasteiger partial charge in [-0.15, -0.1) is 12.3 Å². The summed E-state index contributed by atoms with van der Waals surface area (Å²) in [5, 5.41) is 10.9. The summed E-state index contributed by atoms with van der Waals surface area (Å²) in [6, 6.07) is 9.42. The average Bonchev–Trinajstić information content (AvgIpc) is 2.26. The van der Waals surface area contributed by atoms with Crippen molar-refractivity contribution in [2.75, 3.05) is 0 Å². The first-order chi connectivity index (χ1) is 7.15. The van der Waals surface area contributed by atoms with E-state index in [1.165, 1.54) is 0 Å². The molecule has 78 valence electrons. The Balaban J connectivity index is 2.77. The first kappa shape index (κ1) is 11.3. The molecule has 2 unspecified atom stereocenters. The predicted molar refractivity (Wildman–Crippen MR) is 56.6 cm³/mol. The zero-order chi connectivity index (χ0) is 11.3. The average molecular weight is 201 g/mol. The summed E-state index contributed by atoms with van der Waals surface area (Å²) in [5.74, 6) is 0.443. The van der Waals surface area contributed by atoms with Gasteiger partial charge in [-0.1, -0.05) is 37.3 Å². The number of hydrogen-bond acceptors (Lipinski definition) is 2. The molecular formula is C13H13O2-. The van der Waals surface area contributed by atoms with Crippen molar-refractivity contribution in [2.45, 2.75) is 13.3 Å². The van der Waals surface area contributed by atoms with E-state index in [-0.39, 0.29) is 5.92 Å². The van der Waals surface area contributed by atoms with Crippen LogP contribution in [-0.2, 0) is 11.2 Å². The molecule has 0 aliphatic carbocycles. The van der Waals surface area contributed by atoms with Crippen molar-refractivity contribution in [3.05, 3.63) is 35.9 Å². The van der Waals surface area contributed by atoms with Crippen LogP contribution in [0.25, 0.3) is 0 Å². The number of terminal acetylenes is 1. The van der Waals surface area contributed by atoms with E-state index >= 15 is 0 Å². The van der Waals surface area contributed by atoms with E-state index in [1.807, 2.05) is 30.3 Å². The Hall–Kier alpha value is -1.75. The molecule has 0 heterocycles. The molecule has 0 aliphatic heterocycles. The van der Waals surface area contributed by atoms with Crippen LogP contribution in [0, 0.1) is 24.2 Å². The fourth-order valence-electron chi connectivity index (χ4n) is 1.45. The minimum atomic E-state index is -1.08. The van der Waals surface area contributed by atoms with Crippen molar-refractivity contribution in [2.24, 2.45) is 11.8 Å². The van der Waals surface area contributed by atoms with Gasteiger partial charge in [-0.3, -0.25) is 0 Å². The topological polar surface area (TPSA) is 40.1 Å². The number of hydrogen-bond donors (Lipinski definition) is 0. The Labute approximate surface area is 89.9 Å². The third-order valence-corrected chi connectivity index (χ3v) is 2.47. The lowest BCUT2D eigenvalue weighted by molar-refractivity contribution is -0.312. The van der Waals surface area contributed by atoms with Gasteiger partial charge in [-0.05, 0) is 12.0 Å². The summed E-state index contributed by atoms with van der Waals surface area (Å²) in [5.41, 5.74) is 0.966. The van der Waals surface area contributed by atoms with Crippen molar-refractivity contribution in [3.63, 3.8) is 0 Å². The first-order valence-electron chi connectivity index (χ1n) is 4.86. The fraction of sp³-hybridized carbons (Fsp3) is 0.308. The van der Waals surface area contributed by atoms with E-state index in [0.29, 0.717) is 6.42 Å². The van der Waals surface area contributed by atoms with Gasteiger partial charge in [0.1, 0.15) is 0 Å². The highest BCUT2D eigenvalue weighted by atomic mass is 16.4. The molecule has 0 aliphatic rings. The van der Waals surface area contributed by atoms with Crippen molar-refractivity contribution in [1.82, 2.24) is 0 Å². The molecular weight excluding hydrogens is 188 g/mol. The lowest BCUT2D eigenvalue weighted by atomic mass is 9.89. The fourth-order valence-corrected chi connectivity index (χ4v) is 1.45. The van der Waals surface area contributed by atoms with E-state index in [2.05, 4.69) is 5.92 Å². The highest BCUT2D eigenvalue weighted by molar-refractivity contribution is 5.69. The number of carboxylic acids is 1. The zero-order valence-corrected chi connectivity index (χ0v) is 8.64. The van der Waals surface area contributed by atoms with Crippen LogP contribution < -0.4 is 5.11 Å². The Morgan fingerprint density at radius 3 is 2.53 bits per heavy atom. The number of rotatable bonds is 4. The van der Waals surface area contributed by atoms with Gasteiger partial charge in [0.05, 0.1) is 0 Å². The highest BCUT2D eigenvalue weighted by Crippen LogP contribution is 2.16. The van der Waals surface area contributed by atoms with Crippen LogP contribution in [0.4, 0.5) is 0 Å². The van der Waals surface area contributed by atoms with E-state index in [0.717, 1.165) is 5.56 Å². The molecule has 0 amide bonds. The van der Waals surface area contributed by atoms with Gasteiger partial charge < -0.3 is 9.90 Å². The normalized spacial score (nSPS) is 13.9. The molecule has 0 bridgehead atoms. The summed E-state index contributed by atoms with van der Waals surface area (Å²) in [6.45, 7) is 1.73. The smallest absolute Gasteiger partial charge is 0.0460 e. The summed E-state index contributed by atoms with van der Waals surface area (Å²) < 4.78 is 0. The van der Waals surface area contributed by atoms with Gasteiger partial charge >= 0.3 is 0 Å². The maximum atomic E-state index is 10.9. The second kappa shape index (κ2) is 5.21. The summed E-state index contributed by atoms with van der Waals surface area (Å²) in [7, 11) is 0. The Morgan fingerprint density at radius 1 is 1.47 bits per heavy atom. The molecule has 0 radical (unpaired) electrons. The zero-order valence-electron chi connectivity index (χ0n) is 8.64. The molecule has 1 aromatic carbocycles. The van der Waals surface area contributed by atoms with Gasteiger partial charge in [0.25, 0.3) is 0 Å². The van der Waals surface area contributed by atoms with Crippen LogP contribution in [-0.4, -0.2) is 5.97 Å². The van der Waals surface area contributed by atoms with Gasteiger partial charge in [0, 0.05) is 17.8 Å². The second-order valence-corrected chi connectivity index (χ2v) is 3.57. The molecule has 1 aromatic rings. The van der Waals surface area contributed by atoms with Crippen LogP contribution in [0.15, 0.2) is 30.3 Å². The maximum Gasteiger partial charge on any atom is 0.0460 e. The molecule has 1 rings (SSSR count). The van der Waals surface area contributed by atoms with Gasteiger partial charge in [0.2, 0.25) is 0 Å². The Bertz CT molecular complexity index is 362. The van der Waals surface area contributed by atoms with E-state index in [4.69, 9.17) is 6.42 Å². The molecule has 2 nitrogen and oxygen atoms in total. The standard InChI is InChI=1S/C13H14O2/c1-3-10(2)12(13(14)15)9-11-7-5-4-6-8-11/h1,4-8,10,12H,9H2,2H3,(H,14,15)/p-1. The number of carbonyl (C=O) groups excluding carboxylic acids is 1. The molecule has 2 atom stereocenters. The predicted octanol–water partition coefficient (Wildman–Crippen LogP) is 0.864. The van der Waals surface area contributed by atoms with E-state index < -0.39 is 11.9 Å². The number of carboxylic acid groups (broad SMARTS) is 1. The summed E-state index contributed by atoms with van der Waals surface area (Å²) in [4.78, 5) is 10.9. The number of benzene rings is 1. The lowest BCUT2D eigenvalue weighted by Gasteiger charge is -2.21. The minimum absolute atomic E-state index is 0.310. The SMILES string of the molecule is C#CC(C)C(Cc1ccccc1)C(=O)[O-]. The monoisotopic (exact) mass is 201 g/mol. The van der Waals surface area contributed by atoms with Gasteiger partial charge in [-0.25, -0.2) is 0 Å². The van der Waals surface area contributed by atoms with Crippen LogP contribution in [0.1, 0.15) is 12.5 Å². The minimum Gasteiger partial charge on any atom is -0.550 e. The van der Waals surface area contributed by atoms with Crippen molar-refractivity contribution < 1.29 is 9.90 Å². The third kappa shape index (κ3) is 3.14. The molecule has 0 spiro atoms. The van der Waals surface area contributed by atoms with Crippen molar-refractivity contribution in [3.8, 4) is 12.3 Å². The molecule has 2 heteroatoms. The van der Waals surface area contributed by atoms with Crippen LogP contribution >= 0.6 is 0 Å². The quantitative estimate of drug-likeness (QED) is 0.678. The van der Waals surface area contributed by atoms with E-state index in [9.17, 15) is 9.90 Å². The Morgan fingerprint density at radius 2 is 2.07 bits per heavy atom. The molecule has 0 saturated carbocycles. The molecule has 0 saturated heterocycles. The number of carbonyl (C=O) groups is 1. The molecule has 15 heavy (non-hydrogen) atoms. The molecule has 0 aromatic heterocycles. The lowest BCUT2D eigenvalue weighted by Crippen LogP contribution is -2.36. The highest BCUT2D eigenvalue weighted by Gasteiger charge is 2.16. The van der Waals surface area contributed by atoms with Crippen LogP contribution in [0.2, 0.25) is 0 Å². The summed E-state index contributed by atoms with van der Waals surface area (Å²) >= 11 is 0. The second-order valence-electron chi connectivity index (χ2n) is 3.57. The van der Waals surface area contributed by atoms with Crippen LogP contribution in [0.3, 0.4) is 0 Å². The Kier molecular flexibility index (Phi) is 3.93. The van der Waals surface area contributed by atoms with Gasteiger partial charge in [0.15, 0.2) is 0 Å². The van der Waals surface area contributed by atoms with Crippen molar-refractivity contribution >= 4 is 5.97 Å².